The summed E-state index contributed by atoms with van der Waals surface area (Å²) in [6.45, 7) is 1.35. The first-order chi connectivity index (χ1) is 5.11. The van der Waals surface area contributed by atoms with Crippen LogP contribution in [0, 0.1) is 10.1 Å². The third-order valence-corrected chi connectivity index (χ3v) is 1.40. The highest BCUT2D eigenvalue weighted by molar-refractivity contribution is 5.81. The SMILES string of the molecule is CC(=O)C1CC=C([N+](=O)[O-])O1. The maximum absolute atomic E-state index is 10.6. The van der Waals surface area contributed by atoms with Crippen molar-refractivity contribution in [1.29, 1.82) is 0 Å². The van der Waals surface area contributed by atoms with Gasteiger partial charge in [-0.3, -0.25) is 14.9 Å². The largest absolute Gasteiger partial charge is 0.429 e. The molecule has 0 saturated heterocycles. The van der Waals surface area contributed by atoms with Gasteiger partial charge in [-0.1, -0.05) is 0 Å². The van der Waals surface area contributed by atoms with E-state index >= 15 is 0 Å². The Morgan fingerprint density at radius 2 is 2.55 bits per heavy atom. The van der Waals surface area contributed by atoms with E-state index in [0.717, 1.165) is 0 Å². The van der Waals surface area contributed by atoms with Crippen molar-refractivity contribution in [2.75, 3.05) is 0 Å². The van der Waals surface area contributed by atoms with Gasteiger partial charge in [0.05, 0.1) is 0 Å². The molecule has 1 unspecified atom stereocenters. The van der Waals surface area contributed by atoms with Crippen LogP contribution < -0.4 is 0 Å². The molecule has 5 heteroatoms. The number of nitro groups is 1. The molecule has 0 spiro atoms. The van der Waals surface area contributed by atoms with Crippen molar-refractivity contribution in [3.63, 3.8) is 0 Å². The van der Waals surface area contributed by atoms with E-state index in [1.54, 1.807) is 0 Å². The van der Waals surface area contributed by atoms with E-state index in [9.17, 15) is 14.9 Å². The van der Waals surface area contributed by atoms with Crippen molar-refractivity contribution < 1.29 is 14.5 Å². The van der Waals surface area contributed by atoms with E-state index in [2.05, 4.69) is 0 Å². The molecule has 1 rings (SSSR count). The molecule has 11 heavy (non-hydrogen) atoms. The monoisotopic (exact) mass is 157 g/mol. The third kappa shape index (κ3) is 1.54. The lowest BCUT2D eigenvalue weighted by Gasteiger charge is -2.03. The van der Waals surface area contributed by atoms with Crippen molar-refractivity contribution in [3.05, 3.63) is 22.1 Å². The molecule has 1 aliphatic heterocycles. The molecule has 60 valence electrons. The summed E-state index contributed by atoms with van der Waals surface area (Å²) >= 11 is 0. The predicted octanol–water partition coefficient (Wildman–Crippen LogP) is 0.482. The maximum Gasteiger partial charge on any atom is 0.424 e. The molecule has 1 atom stereocenters. The van der Waals surface area contributed by atoms with E-state index < -0.39 is 11.0 Å². The zero-order valence-electron chi connectivity index (χ0n) is 5.94. The first-order valence-corrected chi connectivity index (χ1v) is 3.13. The summed E-state index contributed by atoms with van der Waals surface area (Å²) < 4.78 is 4.70. The minimum absolute atomic E-state index is 0.182. The number of carbonyl (C=O) groups excluding carboxylic acids is 1. The van der Waals surface area contributed by atoms with Crippen LogP contribution >= 0.6 is 0 Å². The third-order valence-electron chi connectivity index (χ3n) is 1.40. The molecule has 0 radical (unpaired) electrons. The normalized spacial score (nSPS) is 22.3. The Bertz CT molecular complexity index is 233. The lowest BCUT2D eigenvalue weighted by atomic mass is 10.2. The summed E-state index contributed by atoms with van der Waals surface area (Å²) in [5.41, 5.74) is 0. The first kappa shape index (κ1) is 7.71. The number of nitrogens with zero attached hydrogens (tertiary/aromatic N) is 1. The molecular formula is C6H7NO4. The van der Waals surface area contributed by atoms with Crippen molar-refractivity contribution in [3.8, 4) is 0 Å². The van der Waals surface area contributed by atoms with Crippen molar-refractivity contribution in [1.82, 2.24) is 0 Å². The van der Waals surface area contributed by atoms with Gasteiger partial charge in [-0.2, -0.15) is 0 Å². The van der Waals surface area contributed by atoms with Crippen LogP contribution in [0.15, 0.2) is 12.0 Å². The number of hydrogen-bond donors (Lipinski definition) is 0. The van der Waals surface area contributed by atoms with Crippen LogP contribution in [0.5, 0.6) is 0 Å². The van der Waals surface area contributed by atoms with Crippen LogP contribution in [-0.4, -0.2) is 16.8 Å². The molecule has 0 bridgehead atoms. The highest BCUT2D eigenvalue weighted by Gasteiger charge is 2.28. The molecule has 0 amide bonds. The molecule has 5 nitrogen and oxygen atoms in total. The Morgan fingerprint density at radius 3 is 2.82 bits per heavy atom. The van der Waals surface area contributed by atoms with Crippen LogP contribution in [0.2, 0.25) is 0 Å². The van der Waals surface area contributed by atoms with Gasteiger partial charge in [-0.15, -0.1) is 0 Å². The first-order valence-electron chi connectivity index (χ1n) is 3.13. The minimum atomic E-state index is -0.643. The van der Waals surface area contributed by atoms with Crippen LogP contribution in [-0.2, 0) is 9.53 Å². The van der Waals surface area contributed by atoms with Crippen molar-refractivity contribution >= 4 is 5.78 Å². The van der Waals surface area contributed by atoms with Gasteiger partial charge in [0.1, 0.15) is 4.92 Å². The Hall–Kier alpha value is -1.39. The number of rotatable bonds is 2. The molecule has 0 aliphatic carbocycles. The number of ketones is 1. The average Bonchev–Trinajstić information content (AvgIpc) is 2.33. The Labute approximate surface area is 62.8 Å². The van der Waals surface area contributed by atoms with Gasteiger partial charge in [0, 0.05) is 12.5 Å². The van der Waals surface area contributed by atoms with Crippen LogP contribution in [0.25, 0.3) is 0 Å². The standard InChI is InChI=1S/C6H7NO4/c1-4(8)5-2-3-6(11-5)7(9)10/h3,5H,2H2,1H3. The topological polar surface area (TPSA) is 69.4 Å². The maximum atomic E-state index is 10.6. The summed E-state index contributed by atoms with van der Waals surface area (Å²) in [6.07, 6.45) is 0.980. The number of ether oxygens (including phenoxy) is 1. The number of Topliss-reactive ketones (excluding diaryl/α,β-unsaturated/α-hetero) is 1. The quantitative estimate of drug-likeness (QED) is 0.432. The second-order valence-electron chi connectivity index (χ2n) is 2.25. The van der Waals surface area contributed by atoms with Crippen LogP contribution in [0.1, 0.15) is 13.3 Å². The Morgan fingerprint density at radius 1 is 1.91 bits per heavy atom. The Kier molecular flexibility index (Phi) is 1.89. The molecule has 1 heterocycles. The van der Waals surface area contributed by atoms with E-state index in [0.29, 0.717) is 6.42 Å². The second-order valence-corrected chi connectivity index (χ2v) is 2.25. The van der Waals surface area contributed by atoms with Gasteiger partial charge in [-0.05, 0) is 6.92 Å². The van der Waals surface area contributed by atoms with Gasteiger partial charge < -0.3 is 4.74 Å². The fraction of sp³-hybridized carbons (Fsp3) is 0.500. The molecule has 0 N–H and O–H groups in total. The average molecular weight is 157 g/mol. The Balaban J connectivity index is 2.56. The lowest BCUT2D eigenvalue weighted by Crippen LogP contribution is -2.17. The summed E-state index contributed by atoms with van der Waals surface area (Å²) in [7, 11) is 0. The van der Waals surface area contributed by atoms with Crippen LogP contribution in [0.3, 0.4) is 0 Å². The number of hydrogen-bond acceptors (Lipinski definition) is 4. The van der Waals surface area contributed by atoms with Gasteiger partial charge in [0.25, 0.3) is 0 Å². The molecule has 1 aliphatic rings. The van der Waals surface area contributed by atoms with Crippen molar-refractivity contribution in [2.24, 2.45) is 0 Å². The van der Waals surface area contributed by atoms with E-state index in [4.69, 9.17) is 4.74 Å². The summed E-state index contributed by atoms with van der Waals surface area (Å²) in [6, 6.07) is 0. The molecule has 0 saturated carbocycles. The summed E-state index contributed by atoms with van der Waals surface area (Å²) in [4.78, 5) is 20.1. The van der Waals surface area contributed by atoms with Gasteiger partial charge in [0.2, 0.25) is 0 Å². The van der Waals surface area contributed by atoms with Crippen LogP contribution in [0.4, 0.5) is 0 Å². The lowest BCUT2D eigenvalue weighted by molar-refractivity contribution is -0.462. The van der Waals surface area contributed by atoms with Gasteiger partial charge in [0.15, 0.2) is 11.9 Å². The van der Waals surface area contributed by atoms with E-state index in [1.165, 1.54) is 13.0 Å². The smallest absolute Gasteiger partial charge is 0.424 e. The highest BCUT2D eigenvalue weighted by atomic mass is 16.7. The highest BCUT2D eigenvalue weighted by Crippen LogP contribution is 2.17. The fourth-order valence-electron chi connectivity index (χ4n) is 0.816. The number of carbonyl (C=O) groups is 1. The van der Waals surface area contributed by atoms with Gasteiger partial charge >= 0.3 is 5.88 Å². The summed E-state index contributed by atoms with van der Waals surface area (Å²) in [5, 5.41) is 10.1. The molecule has 0 fully saturated rings. The molecule has 0 aromatic carbocycles. The molecule has 0 aromatic rings. The van der Waals surface area contributed by atoms with Gasteiger partial charge in [-0.25, -0.2) is 0 Å². The predicted molar refractivity (Wildman–Crippen MR) is 35.2 cm³/mol. The molecular weight excluding hydrogens is 150 g/mol. The van der Waals surface area contributed by atoms with E-state index in [-0.39, 0.29) is 11.7 Å². The zero-order valence-corrected chi connectivity index (χ0v) is 5.94. The van der Waals surface area contributed by atoms with Crippen molar-refractivity contribution in [2.45, 2.75) is 19.4 Å². The molecule has 0 aromatic heterocycles. The fourth-order valence-corrected chi connectivity index (χ4v) is 0.816. The van der Waals surface area contributed by atoms with E-state index in [1.807, 2.05) is 0 Å². The minimum Gasteiger partial charge on any atom is -0.429 e. The second kappa shape index (κ2) is 2.69. The summed E-state index contributed by atoms with van der Waals surface area (Å²) in [5.74, 6) is -0.497. The zero-order chi connectivity index (χ0) is 8.43.